The van der Waals surface area contributed by atoms with Gasteiger partial charge in [-0.3, -0.25) is 0 Å². The van der Waals surface area contributed by atoms with Crippen LogP contribution in [0.1, 0.15) is 39.8 Å². The van der Waals surface area contributed by atoms with E-state index in [9.17, 15) is 15.3 Å². The molecule has 0 amide bonds. The van der Waals surface area contributed by atoms with E-state index in [1.807, 2.05) is 42.6 Å². The van der Waals surface area contributed by atoms with Crippen molar-refractivity contribution < 1.29 is 15.3 Å². The summed E-state index contributed by atoms with van der Waals surface area (Å²) in [6.07, 6.45) is 3.93. The maximum absolute atomic E-state index is 11.7. The third-order valence-corrected chi connectivity index (χ3v) is 8.95. The fourth-order valence-corrected chi connectivity index (χ4v) is 6.75. The molecule has 0 saturated heterocycles. The van der Waals surface area contributed by atoms with E-state index in [0.29, 0.717) is 0 Å². The molecule has 2 atom stereocenters. The molecule has 44 heavy (non-hydrogen) atoms. The molecule has 0 spiro atoms. The van der Waals surface area contributed by atoms with E-state index in [1.165, 1.54) is 16.5 Å². The third-order valence-electron chi connectivity index (χ3n) is 8.95. The van der Waals surface area contributed by atoms with E-state index in [0.717, 1.165) is 61.1 Å². The summed E-state index contributed by atoms with van der Waals surface area (Å²) in [6.45, 7) is 0. The quantitative estimate of drug-likeness (QED) is 0.137. The summed E-state index contributed by atoms with van der Waals surface area (Å²) in [5.41, 5.74) is 7.24. The standard InChI is InChI=1S/C39H30N2O3/c42-30-14-12-23-16-27(10-8-25(23)18-30)33(34-21-40-36-6-2-1-5-32(34)36)20-28-4-3-7-37-38(28)35(22-41-37)39(44)29-11-9-26-19-31(43)15-13-24(26)17-29/h1-19,21-22,33,39-44H,20H2. The molecule has 0 radical (unpaired) electrons. The Morgan fingerprint density at radius 1 is 0.545 bits per heavy atom. The van der Waals surface area contributed by atoms with E-state index < -0.39 is 6.10 Å². The Kier molecular flexibility index (Phi) is 6.14. The van der Waals surface area contributed by atoms with Crippen molar-refractivity contribution in [3.63, 3.8) is 0 Å². The molecule has 5 heteroatoms. The number of rotatable bonds is 6. The van der Waals surface area contributed by atoms with Gasteiger partial charge in [0.25, 0.3) is 0 Å². The van der Waals surface area contributed by atoms with E-state index in [1.54, 1.807) is 24.3 Å². The second-order valence-electron chi connectivity index (χ2n) is 11.6. The zero-order valence-electron chi connectivity index (χ0n) is 23.8. The van der Waals surface area contributed by atoms with Gasteiger partial charge in [0.1, 0.15) is 17.6 Å². The van der Waals surface area contributed by atoms with Crippen LogP contribution in [0.25, 0.3) is 43.4 Å². The van der Waals surface area contributed by atoms with Crippen LogP contribution in [0.3, 0.4) is 0 Å². The molecule has 5 N–H and O–H groups in total. The normalized spacial score (nSPS) is 13.2. The molecule has 0 aliphatic heterocycles. The van der Waals surface area contributed by atoms with Gasteiger partial charge in [-0.05, 0) is 92.7 Å². The van der Waals surface area contributed by atoms with Crippen molar-refractivity contribution in [2.24, 2.45) is 0 Å². The summed E-state index contributed by atoms with van der Waals surface area (Å²) in [4.78, 5) is 6.88. The van der Waals surface area contributed by atoms with Crippen molar-refractivity contribution in [1.29, 1.82) is 0 Å². The molecular weight excluding hydrogens is 544 g/mol. The Morgan fingerprint density at radius 3 is 1.91 bits per heavy atom. The van der Waals surface area contributed by atoms with Crippen LogP contribution < -0.4 is 0 Å². The molecule has 0 aliphatic carbocycles. The SMILES string of the molecule is Oc1ccc2cc(C(O)c3c[nH]c4cccc(CC(c5ccc6cc(O)ccc6c5)c5c[nH]c6ccccc56)c34)ccc2c1. The predicted molar refractivity (Wildman–Crippen MR) is 177 cm³/mol. The number of hydrogen-bond acceptors (Lipinski definition) is 3. The molecule has 0 fully saturated rings. The van der Waals surface area contributed by atoms with Gasteiger partial charge in [0.15, 0.2) is 0 Å². The Morgan fingerprint density at radius 2 is 1.14 bits per heavy atom. The van der Waals surface area contributed by atoms with Crippen molar-refractivity contribution in [2.75, 3.05) is 0 Å². The fourth-order valence-electron chi connectivity index (χ4n) is 6.75. The number of aromatic amines is 2. The molecule has 0 saturated carbocycles. The van der Waals surface area contributed by atoms with Crippen LogP contribution in [0.2, 0.25) is 0 Å². The van der Waals surface area contributed by atoms with Crippen molar-refractivity contribution in [2.45, 2.75) is 18.4 Å². The third kappa shape index (κ3) is 4.46. The average molecular weight is 575 g/mol. The highest BCUT2D eigenvalue weighted by atomic mass is 16.3. The first-order valence-corrected chi connectivity index (χ1v) is 14.8. The number of para-hydroxylation sites is 1. The van der Waals surface area contributed by atoms with Crippen LogP contribution >= 0.6 is 0 Å². The summed E-state index contributed by atoms with van der Waals surface area (Å²) >= 11 is 0. The van der Waals surface area contributed by atoms with E-state index in [4.69, 9.17) is 0 Å². The first-order chi connectivity index (χ1) is 21.5. The van der Waals surface area contributed by atoms with Gasteiger partial charge in [0, 0.05) is 45.7 Å². The van der Waals surface area contributed by atoms with Gasteiger partial charge in [-0.1, -0.05) is 72.8 Å². The van der Waals surface area contributed by atoms with Crippen molar-refractivity contribution in [3.8, 4) is 11.5 Å². The highest BCUT2D eigenvalue weighted by molar-refractivity contribution is 5.90. The van der Waals surface area contributed by atoms with Gasteiger partial charge >= 0.3 is 0 Å². The van der Waals surface area contributed by atoms with Crippen molar-refractivity contribution >= 4 is 43.4 Å². The molecule has 6 aromatic carbocycles. The summed E-state index contributed by atoms with van der Waals surface area (Å²) < 4.78 is 0. The summed E-state index contributed by atoms with van der Waals surface area (Å²) in [5.74, 6) is 0.512. The number of phenols is 2. The van der Waals surface area contributed by atoms with E-state index in [2.05, 4.69) is 70.8 Å². The number of H-pyrrole nitrogens is 2. The number of aromatic hydroxyl groups is 2. The minimum atomic E-state index is -0.831. The number of aliphatic hydroxyl groups is 1. The zero-order valence-corrected chi connectivity index (χ0v) is 23.8. The van der Waals surface area contributed by atoms with Crippen LogP contribution in [-0.4, -0.2) is 25.3 Å². The van der Waals surface area contributed by atoms with E-state index in [-0.39, 0.29) is 17.4 Å². The Balaban J connectivity index is 1.26. The van der Waals surface area contributed by atoms with Crippen molar-refractivity contribution in [1.82, 2.24) is 9.97 Å². The summed E-state index contributed by atoms with van der Waals surface area (Å²) in [6, 6.07) is 37.8. The van der Waals surface area contributed by atoms with Crippen LogP contribution in [0, 0.1) is 0 Å². The zero-order chi connectivity index (χ0) is 29.8. The number of benzene rings is 6. The first kappa shape index (κ1) is 26.1. The number of aromatic nitrogens is 2. The monoisotopic (exact) mass is 574 g/mol. The highest BCUT2D eigenvalue weighted by Crippen LogP contribution is 2.39. The topological polar surface area (TPSA) is 92.3 Å². The minimum Gasteiger partial charge on any atom is -0.508 e. The van der Waals surface area contributed by atoms with Gasteiger partial charge < -0.3 is 25.3 Å². The fraction of sp³-hybridized carbons (Fsp3) is 0.0769. The maximum Gasteiger partial charge on any atom is 0.116 e. The number of hydrogen-bond donors (Lipinski definition) is 5. The smallest absolute Gasteiger partial charge is 0.116 e. The lowest BCUT2D eigenvalue weighted by Crippen LogP contribution is -2.06. The van der Waals surface area contributed by atoms with Gasteiger partial charge in [-0.25, -0.2) is 0 Å². The minimum absolute atomic E-state index is 0.0307. The largest absolute Gasteiger partial charge is 0.508 e. The highest BCUT2D eigenvalue weighted by Gasteiger charge is 2.23. The van der Waals surface area contributed by atoms with Crippen LogP contribution in [-0.2, 0) is 6.42 Å². The molecule has 2 heterocycles. The van der Waals surface area contributed by atoms with Gasteiger partial charge in [-0.15, -0.1) is 0 Å². The Labute approximate surface area is 253 Å². The first-order valence-electron chi connectivity index (χ1n) is 14.8. The Hall–Kier alpha value is -5.52. The maximum atomic E-state index is 11.7. The molecule has 0 aliphatic rings. The number of nitrogens with one attached hydrogen (secondary N) is 2. The summed E-state index contributed by atoms with van der Waals surface area (Å²) in [7, 11) is 0. The predicted octanol–water partition coefficient (Wildman–Crippen LogP) is 8.82. The van der Waals surface area contributed by atoms with Crippen molar-refractivity contribution in [3.05, 3.63) is 155 Å². The van der Waals surface area contributed by atoms with Crippen LogP contribution in [0.5, 0.6) is 11.5 Å². The number of aliphatic hydroxyl groups excluding tert-OH is 1. The van der Waals surface area contributed by atoms with Gasteiger partial charge in [0.2, 0.25) is 0 Å². The molecule has 2 aromatic heterocycles. The molecular formula is C39H30N2O3. The van der Waals surface area contributed by atoms with Gasteiger partial charge in [-0.2, -0.15) is 0 Å². The molecule has 0 bridgehead atoms. The summed E-state index contributed by atoms with van der Waals surface area (Å²) in [5, 5.41) is 37.8. The molecule has 8 aromatic rings. The number of fused-ring (bicyclic) bond motifs is 4. The second kappa shape index (κ2) is 10.3. The molecule has 214 valence electrons. The Bertz CT molecular complexity index is 2330. The number of phenolic OH excluding ortho intramolecular Hbond substituents is 2. The lowest BCUT2D eigenvalue weighted by atomic mass is 9.83. The molecule has 8 rings (SSSR count). The average Bonchev–Trinajstić information content (AvgIpc) is 3.68. The lowest BCUT2D eigenvalue weighted by molar-refractivity contribution is 0.222. The molecule has 5 nitrogen and oxygen atoms in total. The molecule has 2 unspecified atom stereocenters. The lowest BCUT2D eigenvalue weighted by Gasteiger charge is -2.20. The van der Waals surface area contributed by atoms with E-state index >= 15 is 0 Å². The second-order valence-corrected chi connectivity index (χ2v) is 11.6. The van der Waals surface area contributed by atoms with Crippen LogP contribution in [0.15, 0.2) is 128 Å². The van der Waals surface area contributed by atoms with Crippen LogP contribution in [0.4, 0.5) is 0 Å². The van der Waals surface area contributed by atoms with Gasteiger partial charge in [0.05, 0.1) is 0 Å².